The van der Waals surface area contributed by atoms with Gasteiger partial charge >= 0.3 is 6.09 Å². The molecule has 1 atom stereocenters. The molecule has 1 heterocycles. The first kappa shape index (κ1) is 35.3. The molecule has 0 saturated carbocycles. The fraction of sp³-hybridized carbons (Fsp3) is 0.469. The molecular weight excluding hydrogens is 546 g/mol. The molecule has 43 heavy (non-hydrogen) atoms. The largest absolute Gasteiger partial charge is 0.448 e. The second kappa shape index (κ2) is 17.9. The Balaban J connectivity index is 0.00000316. The quantitative estimate of drug-likeness (QED) is 0.132. The number of nitrogens with one attached hydrogen (secondary N) is 3. The molecule has 0 radical (unpaired) electrons. The van der Waals surface area contributed by atoms with Gasteiger partial charge in [0.15, 0.2) is 0 Å². The third kappa shape index (κ3) is 9.81. The molecule has 2 aromatic rings. The Morgan fingerprint density at radius 2 is 1.67 bits per heavy atom. The monoisotopic (exact) mass is 595 g/mol. The number of hydrogen-bond donors (Lipinski definition) is 5. The summed E-state index contributed by atoms with van der Waals surface area (Å²) in [4.78, 5) is 38.8. The predicted molar refractivity (Wildman–Crippen MR) is 172 cm³/mol. The van der Waals surface area contributed by atoms with E-state index in [1.807, 2.05) is 76.2 Å². The van der Waals surface area contributed by atoms with Crippen LogP contribution in [0.1, 0.15) is 70.6 Å². The van der Waals surface area contributed by atoms with Gasteiger partial charge in [0.25, 0.3) is 0 Å². The van der Waals surface area contributed by atoms with E-state index in [0.717, 1.165) is 23.2 Å². The van der Waals surface area contributed by atoms with Crippen molar-refractivity contribution in [3.8, 4) is 0 Å². The molecule has 3 rings (SSSR count). The van der Waals surface area contributed by atoms with Gasteiger partial charge in [-0.3, -0.25) is 15.0 Å². The molecule has 1 unspecified atom stereocenters. The Bertz CT molecular complexity index is 1250. The number of amides is 2. The van der Waals surface area contributed by atoms with Gasteiger partial charge in [0.05, 0.1) is 36.2 Å². The van der Waals surface area contributed by atoms with Crippen molar-refractivity contribution >= 4 is 34.9 Å². The van der Waals surface area contributed by atoms with Crippen LogP contribution in [0.3, 0.4) is 0 Å². The Hall–Kier alpha value is -3.93. The fourth-order valence-corrected chi connectivity index (χ4v) is 4.79. The zero-order valence-corrected chi connectivity index (χ0v) is 26.4. The van der Waals surface area contributed by atoms with Crippen LogP contribution >= 0.6 is 0 Å². The number of Topliss-reactive ketones (excluding diaryl/α,β-unsaturated/α-hetero) is 1. The van der Waals surface area contributed by atoms with Crippen LogP contribution < -0.4 is 32.6 Å². The lowest BCUT2D eigenvalue weighted by molar-refractivity contribution is -0.121. The maximum atomic E-state index is 13.2. The van der Waals surface area contributed by atoms with E-state index in [1.165, 1.54) is 5.01 Å². The van der Waals surface area contributed by atoms with E-state index in [1.54, 1.807) is 18.9 Å². The minimum absolute atomic E-state index is 0.000763. The number of rotatable bonds is 13. The van der Waals surface area contributed by atoms with Crippen LogP contribution in [-0.2, 0) is 20.9 Å². The van der Waals surface area contributed by atoms with Gasteiger partial charge in [-0.15, -0.1) is 0 Å². The van der Waals surface area contributed by atoms with Gasteiger partial charge in [-0.1, -0.05) is 70.2 Å². The van der Waals surface area contributed by atoms with Crippen molar-refractivity contribution in [1.82, 2.24) is 21.2 Å². The zero-order valence-electron chi connectivity index (χ0n) is 26.4. The minimum Gasteiger partial charge on any atom is -0.448 e. The standard InChI is InChI=1S/C30H43N7O4.C2H6/c1-20(2)29(39)36-19-22-11-5-6-12-23(22)28(27(31)24-13-7-8-15-26(24)36)37(32)17-18-41-30(40)34-16-10-9-14-25(21(3)38)35-33-4;1-2/h5-8,11-13,15,20,25,33,35H,9-10,14,16-19,31-32H2,1-4H3,(H,34,40);1-2H3/b28-27-;. The SMILES string of the molecule is CC.CNNC(CCCCNC(=O)OCCN(N)/C1=C(\N)c2ccccc2N(C(=O)C(C)C)Cc2ccccc21)C(C)=O. The summed E-state index contributed by atoms with van der Waals surface area (Å²) < 4.78 is 5.37. The average Bonchev–Trinajstić information content (AvgIpc) is 2.99. The fourth-order valence-electron chi connectivity index (χ4n) is 4.79. The van der Waals surface area contributed by atoms with Crippen LogP contribution in [0.5, 0.6) is 0 Å². The summed E-state index contributed by atoms with van der Waals surface area (Å²) in [5.74, 6) is 6.41. The summed E-state index contributed by atoms with van der Waals surface area (Å²) >= 11 is 0. The van der Waals surface area contributed by atoms with Crippen LogP contribution in [0.15, 0.2) is 48.5 Å². The molecule has 2 aromatic carbocycles. The predicted octanol–water partition coefficient (Wildman–Crippen LogP) is 3.75. The van der Waals surface area contributed by atoms with Crippen molar-refractivity contribution in [3.05, 3.63) is 65.2 Å². The number of carbonyl (C=O) groups excluding carboxylic acids is 3. The van der Waals surface area contributed by atoms with Gasteiger partial charge in [-0.05, 0) is 44.9 Å². The summed E-state index contributed by atoms with van der Waals surface area (Å²) in [5, 5.41) is 4.23. The lowest BCUT2D eigenvalue weighted by Crippen LogP contribution is -2.42. The molecule has 0 spiro atoms. The highest BCUT2D eigenvalue weighted by Crippen LogP contribution is 2.36. The number of unbranched alkanes of at least 4 members (excludes halogenated alkanes) is 1. The molecule has 0 aliphatic carbocycles. The summed E-state index contributed by atoms with van der Waals surface area (Å²) in [5.41, 5.74) is 16.7. The van der Waals surface area contributed by atoms with Gasteiger partial charge in [-0.25, -0.2) is 16.1 Å². The number of para-hydroxylation sites is 1. The first-order chi connectivity index (χ1) is 20.6. The van der Waals surface area contributed by atoms with Gasteiger partial charge in [0.1, 0.15) is 12.4 Å². The first-order valence-electron chi connectivity index (χ1n) is 15.0. The topological polar surface area (TPSA) is 155 Å². The van der Waals surface area contributed by atoms with Crippen LogP contribution in [-0.4, -0.2) is 55.6 Å². The Kier molecular flexibility index (Phi) is 14.7. The number of nitrogens with two attached hydrogens (primary N) is 2. The van der Waals surface area contributed by atoms with E-state index in [9.17, 15) is 14.4 Å². The molecule has 0 bridgehead atoms. The first-order valence-corrected chi connectivity index (χ1v) is 15.0. The van der Waals surface area contributed by atoms with E-state index in [0.29, 0.717) is 42.9 Å². The van der Waals surface area contributed by atoms with Crippen LogP contribution in [0.4, 0.5) is 10.5 Å². The number of ether oxygens (including phenoxy) is 1. The molecule has 7 N–H and O–H groups in total. The molecule has 2 amide bonds. The highest BCUT2D eigenvalue weighted by Gasteiger charge is 2.28. The second-order valence-electron chi connectivity index (χ2n) is 10.3. The average molecular weight is 596 g/mol. The number of hydrazine groups is 2. The van der Waals surface area contributed by atoms with Gasteiger partial charge < -0.3 is 25.7 Å². The molecule has 0 saturated heterocycles. The maximum absolute atomic E-state index is 13.2. The molecule has 0 fully saturated rings. The maximum Gasteiger partial charge on any atom is 0.407 e. The Labute approximate surface area is 255 Å². The highest BCUT2D eigenvalue weighted by molar-refractivity contribution is 6.01. The lowest BCUT2D eigenvalue weighted by atomic mass is 9.95. The smallest absolute Gasteiger partial charge is 0.407 e. The van der Waals surface area contributed by atoms with Crippen molar-refractivity contribution in [2.24, 2.45) is 17.5 Å². The molecule has 1 aliphatic heterocycles. The van der Waals surface area contributed by atoms with Crippen LogP contribution in [0.25, 0.3) is 11.4 Å². The number of fused-ring (bicyclic) bond motifs is 2. The zero-order chi connectivity index (χ0) is 31.9. The second-order valence-corrected chi connectivity index (χ2v) is 10.3. The third-order valence-corrected chi connectivity index (χ3v) is 6.95. The number of alkyl carbamates (subject to hydrolysis) is 1. The Morgan fingerprint density at radius 1 is 1.02 bits per heavy atom. The van der Waals surface area contributed by atoms with Crippen molar-refractivity contribution in [2.45, 2.75) is 66.5 Å². The number of anilines is 1. The Morgan fingerprint density at radius 3 is 2.33 bits per heavy atom. The number of ketones is 1. The molecule has 236 valence electrons. The molecule has 11 nitrogen and oxygen atoms in total. The van der Waals surface area contributed by atoms with E-state index >= 15 is 0 Å². The van der Waals surface area contributed by atoms with Crippen LogP contribution in [0, 0.1) is 5.92 Å². The van der Waals surface area contributed by atoms with Crippen molar-refractivity contribution in [2.75, 3.05) is 31.6 Å². The van der Waals surface area contributed by atoms with Crippen molar-refractivity contribution in [1.29, 1.82) is 0 Å². The summed E-state index contributed by atoms with van der Waals surface area (Å²) in [6, 6.07) is 15.0. The van der Waals surface area contributed by atoms with E-state index in [2.05, 4.69) is 16.2 Å². The van der Waals surface area contributed by atoms with Gasteiger partial charge in [-0.2, -0.15) is 0 Å². The number of carbonyl (C=O) groups is 3. The van der Waals surface area contributed by atoms with Gasteiger partial charge in [0.2, 0.25) is 5.91 Å². The summed E-state index contributed by atoms with van der Waals surface area (Å²) in [6.45, 7) is 10.3. The summed E-state index contributed by atoms with van der Waals surface area (Å²) in [7, 11) is 1.72. The third-order valence-electron chi connectivity index (χ3n) is 6.95. The lowest BCUT2D eigenvalue weighted by Gasteiger charge is -2.33. The van der Waals surface area contributed by atoms with E-state index < -0.39 is 6.09 Å². The number of hydrogen-bond acceptors (Lipinski definition) is 9. The number of benzene rings is 2. The number of nitrogens with zero attached hydrogens (tertiary/aromatic N) is 2. The highest BCUT2D eigenvalue weighted by atomic mass is 16.5. The van der Waals surface area contributed by atoms with Gasteiger partial charge in [0, 0.05) is 23.6 Å². The van der Waals surface area contributed by atoms with Crippen molar-refractivity contribution < 1.29 is 19.1 Å². The molecular formula is C32H49N7O4. The van der Waals surface area contributed by atoms with Crippen LogP contribution in [0.2, 0.25) is 0 Å². The van der Waals surface area contributed by atoms with E-state index in [-0.39, 0.29) is 36.8 Å². The molecule has 0 aromatic heterocycles. The molecule has 1 aliphatic rings. The van der Waals surface area contributed by atoms with E-state index in [4.69, 9.17) is 16.3 Å². The molecule has 11 heteroatoms. The van der Waals surface area contributed by atoms with Crippen molar-refractivity contribution in [3.63, 3.8) is 0 Å². The summed E-state index contributed by atoms with van der Waals surface area (Å²) in [6.07, 6.45) is 1.61. The minimum atomic E-state index is -0.539. The normalized spacial score (nSPS) is 14.7.